The lowest BCUT2D eigenvalue weighted by molar-refractivity contribution is 0.0321. The lowest BCUT2D eigenvalue weighted by atomic mass is 9.98. The Kier molecular flexibility index (Phi) is 5.88. The molecule has 0 radical (unpaired) electrons. The van der Waals surface area contributed by atoms with E-state index in [2.05, 4.69) is 38.2 Å². The zero-order chi connectivity index (χ0) is 14.5. The monoisotopic (exact) mass is 295 g/mol. The molecule has 0 aromatic heterocycles. The van der Waals surface area contributed by atoms with Gasteiger partial charge in [-0.05, 0) is 63.3 Å². The van der Waals surface area contributed by atoms with Gasteiger partial charge >= 0.3 is 0 Å². The van der Waals surface area contributed by atoms with Crippen LogP contribution < -0.4 is 5.32 Å². The second-order valence-corrected chi connectivity index (χ2v) is 6.33. The number of rotatable bonds is 6. The molecule has 0 spiro atoms. The molecule has 20 heavy (non-hydrogen) atoms. The normalized spacial score (nSPS) is 24.0. The van der Waals surface area contributed by atoms with Gasteiger partial charge in [-0.15, -0.1) is 0 Å². The summed E-state index contributed by atoms with van der Waals surface area (Å²) < 4.78 is 6.05. The van der Waals surface area contributed by atoms with Gasteiger partial charge in [0.2, 0.25) is 0 Å². The topological polar surface area (TPSA) is 21.3 Å². The summed E-state index contributed by atoms with van der Waals surface area (Å²) in [6.07, 6.45) is 5.09. The summed E-state index contributed by atoms with van der Waals surface area (Å²) in [4.78, 5) is 0. The van der Waals surface area contributed by atoms with Gasteiger partial charge in [-0.2, -0.15) is 0 Å². The summed E-state index contributed by atoms with van der Waals surface area (Å²) in [6, 6.07) is 6.69. The third-order valence-corrected chi connectivity index (χ3v) is 4.37. The summed E-state index contributed by atoms with van der Waals surface area (Å²) in [7, 11) is 0. The number of aryl methyl sites for hydroxylation is 1. The van der Waals surface area contributed by atoms with E-state index in [1.807, 2.05) is 6.07 Å². The van der Waals surface area contributed by atoms with Crippen molar-refractivity contribution >= 4 is 11.6 Å². The minimum atomic E-state index is 0.314. The van der Waals surface area contributed by atoms with Gasteiger partial charge in [-0.25, -0.2) is 0 Å². The fourth-order valence-corrected chi connectivity index (χ4v) is 3.16. The van der Waals surface area contributed by atoms with E-state index in [-0.39, 0.29) is 0 Å². The van der Waals surface area contributed by atoms with Crippen LogP contribution >= 0.6 is 11.6 Å². The van der Waals surface area contributed by atoms with Crippen LogP contribution in [-0.2, 0) is 11.2 Å². The van der Waals surface area contributed by atoms with Crippen molar-refractivity contribution in [3.05, 3.63) is 34.3 Å². The van der Waals surface area contributed by atoms with Crippen LogP contribution in [0.15, 0.2) is 18.2 Å². The van der Waals surface area contributed by atoms with Gasteiger partial charge in [0.05, 0.1) is 12.2 Å². The van der Waals surface area contributed by atoms with Gasteiger partial charge < -0.3 is 10.1 Å². The molecule has 2 nitrogen and oxygen atoms in total. The van der Waals surface area contributed by atoms with Gasteiger partial charge in [0.15, 0.2) is 0 Å². The highest BCUT2D eigenvalue weighted by molar-refractivity contribution is 6.31. The second-order valence-electron chi connectivity index (χ2n) is 5.92. The standard InChI is InChI=1S/C17H26ClNO/c1-4-9-19-16(17-8-6-13(3)20-17)11-14-7-5-12(2)10-15(14)18/h5,7,10,13,16-17,19H,4,6,8-9,11H2,1-3H3. The third-order valence-electron chi connectivity index (χ3n) is 4.02. The van der Waals surface area contributed by atoms with E-state index < -0.39 is 0 Å². The van der Waals surface area contributed by atoms with Gasteiger partial charge in [-0.3, -0.25) is 0 Å². The Morgan fingerprint density at radius 1 is 1.40 bits per heavy atom. The van der Waals surface area contributed by atoms with Crippen molar-refractivity contribution in [3.8, 4) is 0 Å². The molecule has 1 heterocycles. The number of hydrogen-bond donors (Lipinski definition) is 1. The van der Waals surface area contributed by atoms with Crippen LogP contribution in [0.5, 0.6) is 0 Å². The molecule has 1 aliphatic rings. The average molecular weight is 296 g/mol. The maximum absolute atomic E-state index is 6.37. The molecule has 1 aliphatic heterocycles. The van der Waals surface area contributed by atoms with Gasteiger partial charge in [-0.1, -0.05) is 30.7 Å². The summed E-state index contributed by atoms with van der Waals surface area (Å²) in [6.45, 7) is 7.46. The Bertz CT molecular complexity index is 435. The van der Waals surface area contributed by atoms with Crippen LogP contribution in [0.4, 0.5) is 0 Å². The SMILES string of the molecule is CCCNC(Cc1ccc(C)cc1Cl)C1CCC(C)O1. The molecule has 1 fully saturated rings. The molecule has 0 saturated carbocycles. The van der Waals surface area contributed by atoms with Crippen LogP contribution in [0.25, 0.3) is 0 Å². The first kappa shape index (κ1) is 15.8. The first-order chi connectivity index (χ1) is 9.60. The molecule has 1 saturated heterocycles. The zero-order valence-corrected chi connectivity index (χ0v) is 13.5. The van der Waals surface area contributed by atoms with Crippen molar-refractivity contribution in [2.75, 3.05) is 6.54 Å². The van der Waals surface area contributed by atoms with Crippen LogP contribution in [0, 0.1) is 6.92 Å². The minimum absolute atomic E-state index is 0.314. The van der Waals surface area contributed by atoms with E-state index in [0.717, 1.165) is 37.3 Å². The highest BCUT2D eigenvalue weighted by atomic mass is 35.5. The molecule has 112 valence electrons. The van der Waals surface area contributed by atoms with Crippen molar-refractivity contribution in [1.29, 1.82) is 0 Å². The van der Waals surface area contributed by atoms with Crippen molar-refractivity contribution in [1.82, 2.24) is 5.32 Å². The number of halogens is 1. The molecule has 0 amide bonds. The predicted molar refractivity (Wildman–Crippen MR) is 85.5 cm³/mol. The highest BCUT2D eigenvalue weighted by Gasteiger charge is 2.29. The van der Waals surface area contributed by atoms with Crippen molar-refractivity contribution < 1.29 is 4.74 Å². The number of hydrogen-bond acceptors (Lipinski definition) is 2. The Morgan fingerprint density at radius 3 is 2.80 bits per heavy atom. The van der Waals surface area contributed by atoms with E-state index in [1.54, 1.807) is 0 Å². The second kappa shape index (κ2) is 7.44. The molecule has 1 aromatic rings. The molecular weight excluding hydrogens is 270 g/mol. The molecular formula is C17H26ClNO. The van der Waals surface area contributed by atoms with Crippen LogP contribution in [-0.4, -0.2) is 24.8 Å². The van der Waals surface area contributed by atoms with Crippen LogP contribution in [0.1, 0.15) is 44.2 Å². The van der Waals surface area contributed by atoms with E-state index in [9.17, 15) is 0 Å². The minimum Gasteiger partial charge on any atom is -0.374 e. The Morgan fingerprint density at radius 2 is 2.20 bits per heavy atom. The molecule has 1 aromatic carbocycles. The lowest BCUT2D eigenvalue weighted by Gasteiger charge is -2.25. The fraction of sp³-hybridized carbons (Fsp3) is 0.647. The van der Waals surface area contributed by atoms with E-state index in [0.29, 0.717) is 18.2 Å². The van der Waals surface area contributed by atoms with Gasteiger partial charge in [0.25, 0.3) is 0 Å². The Hall–Kier alpha value is -0.570. The van der Waals surface area contributed by atoms with Crippen molar-refractivity contribution in [2.24, 2.45) is 0 Å². The third kappa shape index (κ3) is 4.21. The first-order valence-electron chi connectivity index (χ1n) is 7.74. The molecule has 0 bridgehead atoms. The van der Waals surface area contributed by atoms with Crippen molar-refractivity contribution in [3.63, 3.8) is 0 Å². The maximum atomic E-state index is 6.37. The molecule has 3 heteroatoms. The number of nitrogens with one attached hydrogen (secondary N) is 1. The quantitative estimate of drug-likeness (QED) is 0.852. The molecule has 3 atom stereocenters. The predicted octanol–water partition coefficient (Wildman–Crippen LogP) is 4.13. The van der Waals surface area contributed by atoms with Crippen molar-refractivity contribution in [2.45, 2.75) is 64.7 Å². The maximum Gasteiger partial charge on any atom is 0.0735 e. The van der Waals surface area contributed by atoms with E-state index in [1.165, 1.54) is 11.1 Å². The van der Waals surface area contributed by atoms with Crippen LogP contribution in [0.3, 0.4) is 0 Å². The van der Waals surface area contributed by atoms with Gasteiger partial charge in [0, 0.05) is 11.1 Å². The first-order valence-corrected chi connectivity index (χ1v) is 8.11. The molecule has 2 rings (SSSR count). The van der Waals surface area contributed by atoms with Gasteiger partial charge in [0.1, 0.15) is 0 Å². The zero-order valence-electron chi connectivity index (χ0n) is 12.8. The summed E-state index contributed by atoms with van der Waals surface area (Å²) >= 11 is 6.37. The van der Waals surface area contributed by atoms with E-state index in [4.69, 9.17) is 16.3 Å². The Labute approximate surface area is 127 Å². The smallest absolute Gasteiger partial charge is 0.0735 e. The fourth-order valence-electron chi connectivity index (χ4n) is 2.85. The summed E-state index contributed by atoms with van der Waals surface area (Å²) in [5, 5.41) is 4.51. The molecule has 0 aliphatic carbocycles. The number of ether oxygens (including phenoxy) is 1. The molecule has 3 unspecified atom stereocenters. The summed E-state index contributed by atoms with van der Waals surface area (Å²) in [5.41, 5.74) is 2.43. The molecule has 1 N–H and O–H groups in total. The highest BCUT2D eigenvalue weighted by Crippen LogP contribution is 2.26. The number of benzene rings is 1. The Balaban J connectivity index is 2.06. The summed E-state index contributed by atoms with van der Waals surface area (Å²) in [5.74, 6) is 0. The largest absolute Gasteiger partial charge is 0.374 e. The lowest BCUT2D eigenvalue weighted by Crippen LogP contribution is -2.42. The van der Waals surface area contributed by atoms with E-state index >= 15 is 0 Å². The average Bonchev–Trinajstić information content (AvgIpc) is 2.83. The van der Waals surface area contributed by atoms with Crippen LogP contribution in [0.2, 0.25) is 5.02 Å².